The van der Waals surface area contributed by atoms with Gasteiger partial charge in [0.2, 0.25) is 0 Å². The Kier molecular flexibility index (Phi) is 2.23. The van der Waals surface area contributed by atoms with Crippen LogP contribution in [0.5, 0.6) is 0 Å². The molecule has 0 amide bonds. The maximum atomic E-state index is 11.5. The summed E-state index contributed by atoms with van der Waals surface area (Å²) in [7, 11) is 0. The van der Waals surface area contributed by atoms with Gasteiger partial charge in [-0.2, -0.15) is 0 Å². The molecule has 1 aliphatic carbocycles. The predicted octanol–water partition coefficient (Wildman–Crippen LogP) is 1.62. The van der Waals surface area contributed by atoms with Gasteiger partial charge in [0.1, 0.15) is 0 Å². The Bertz CT molecular complexity index is 550. The second-order valence-electron chi connectivity index (χ2n) is 4.35. The van der Waals surface area contributed by atoms with Gasteiger partial charge in [-0.25, -0.2) is 9.97 Å². The average molecular weight is 218 g/mol. The zero-order valence-electron chi connectivity index (χ0n) is 9.02. The van der Waals surface area contributed by atoms with Crippen LogP contribution in [-0.2, 0) is 0 Å². The van der Waals surface area contributed by atoms with Crippen molar-refractivity contribution in [2.24, 2.45) is 0 Å². The van der Waals surface area contributed by atoms with Crippen molar-refractivity contribution in [3.05, 3.63) is 23.0 Å². The fourth-order valence-electron chi connectivity index (χ4n) is 2.49. The minimum absolute atomic E-state index is 0.153. The quantitative estimate of drug-likeness (QED) is 0.791. The normalized spacial score (nSPS) is 18.0. The first kappa shape index (κ1) is 9.57. The van der Waals surface area contributed by atoms with E-state index in [1.807, 2.05) is 0 Å². The third kappa shape index (κ3) is 1.43. The summed E-state index contributed by atoms with van der Waals surface area (Å²) in [5, 5.41) is 0. The van der Waals surface area contributed by atoms with E-state index < -0.39 is 0 Å². The van der Waals surface area contributed by atoms with Gasteiger partial charge in [0.05, 0.1) is 12.7 Å². The van der Waals surface area contributed by atoms with Crippen molar-refractivity contribution in [2.45, 2.75) is 38.1 Å². The van der Waals surface area contributed by atoms with E-state index in [0.29, 0.717) is 11.6 Å². The van der Waals surface area contributed by atoms with Gasteiger partial charge in [-0.15, -0.1) is 0 Å². The molecule has 1 aliphatic rings. The summed E-state index contributed by atoms with van der Waals surface area (Å²) < 4.78 is 2.06. The van der Waals surface area contributed by atoms with E-state index in [9.17, 15) is 4.79 Å². The van der Waals surface area contributed by atoms with Crippen molar-refractivity contribution in [1.29, 1.82) is 0 Å². The number of rotatable bonds is 1. The monoisotopic (exact) mass is 218 g/mol. The number of H-pyrrole nitrogens is 1. The molecule has 0 atom stereocenters. The predicted molar refractivity (Wildman–Crippen MR) is 60.3 cm³/mol. The number of hydrogen-bond donors (Lipinski definition) is 1. The first-order valence-electron chi connectivity index (χ1n) is 5.76. The summed E-state index contributed by atoms with van der Waals surface area (Å²) in [4.78, 5) is 22.4. The first-order valence-corrected chi connectivity index (χ1v) is 5.76. The second-order valence-corrected chi connectivity index (χ2v) is 4.35. The molecule has 1 fully saturated rings. The van der Waals surface area contributed by atoms with E-state index in [1.54, 1.807) is 6.33 Å². The molecule has 1 saturated carbocycles. The van der Waals surface area contributed by atoms with Crippen molar-refractivity contribution in [3.8, 4) is 0 Å². The Morgan fingerprint density at radius 1 is 1.25 bits per heavy atom. The van der Waals surface area contributed by atoms with Gasteiger partial charge in [0.25, 0.3) is 5.56 Å². The molecule has 0 aromatic carbocycles. The van der Waals surface area contributed by atoms with E-state index in [2.05, 4.69) is 19.5 Å². The van der Waals surface area contributed by atoms with Crippen LogP contribution in [0.15, 0.2) is 17.4 Å². The topological polar surface area (TPSA) is 63.6 Å². The Morgan fingerprint density at radius 2 is 2.06 bits per heavy atom. The summed E-state index contributed by atoms with van der Waals surface area (Å²) >= 11 is 0. The van der Waals surface area contributed by atoms with Gasteiger partial charge in [0, 0.05) is 6.04 Å². The van der Waals surface area contributed by atoms with E-state index in [4.69, 9.17) is 0 Å². The summed E-state index contributed by atoms with van der Waals surface area (Å²) in [6.07, 6.45) is 9.37. The van der Waals surface area contributed by atoms with Crippen LogP contribution >= 0.6 is 0 Å². The maximum absolute atomic E-state index is 11.5. The fraction of sp³-hybridized carbons (Fsp3) is 0.545. The largest absolute Gasteiger partial charge is 0.312 e. The molecule has 2 heterocycles. The lowest BCUT2D eigenvalue weighted by atomic mass is 9.95. The van der Waals surface area contributed by atoms with Crippen LogP contribution in [0.25, 0.3) is 11.2 Å². The van der Waals surface area contributed by atoms with Crippen LogP contribution in [0.1, 0.15) is 38.1 Å². The highest BCUT2D eigenvalue weighted by atomic mass is 16.1. The molecule has 0 radical (unpaired) electrons. The third-order valence-electron chi connectivity index (χ3n) is 3.33. The molecule has 2 aromatic rings. The molecular formula is C11H14N4O. The molecule has 16 heavy (non-hydrogen) atoms. The van der Waals surface area contributed by atoms with Crippen LogP contribution in [0, 0.1) is 0 Å². The molecule has 1 N–H and O–H groups in total. The highest BCUT2D eigenvalue weighted by Crippen LogP contribution is 2.29. The number of aromatic nitrogens is 4. The molecule has 0 aliphatic heterocycles. The van der Waals surface area contributed by atoms with E-state index in [-0.39, 0.29) is 5.56 Å². The number of imidazole rings is 1. The Morgan fingerprint density at radius 3 is 2.88 bits per heavy atom. The zero-order valence-corrected chi connectivity index (χ0v) is 9.02. The molecule has 0 saturated heterocycles. The molecule has 0 spiro atoms. The third-order valence-corrected chi connectivity index (χ3v) is 3.33. The second kappa shape index (κ2) is 3.73. The molecule has 2 aromatic heterocycles. The number of hydrogen-bond acceptors (Lipinski definition) is 3. The van der Waals surface area contributed by atoms with E-state index in [1.165, 1.54) is 38.4 Å². The minimum Gasteiger partial charge on any atom is -0.312 e. The lowest BCUT2D eigenvalue weighted by molar-refractivity contribution is 0.358. The minimum atomic E-state index is -0.153. The van der Waals surface area contributed by atoms with Crippen LogP contribution in [-0.4, -0.2) is 19.5 Å². The number of nitrogens with one attached hydrogen (secondary N) is 1. The Hall–Kier alpha value is -1.65. The van der Waals surface area contributed by atoms with Crippen molar-refractivity contribution in [2.75, 3.05) is 0 Å². The lowest BCUT2D eigenvalue weighted by Crippen LogP contribution is -2.13. The van der Waals surface area contributed by atoms with Crippen LogP contribution in [0.2, 0.25) is 0 Å². The van der Waals surface area contributed by atoms with Crippen LogP contribution in [0.3, 0.4) is 0 Å². The fourth-order valence-corrected chi connectivity index (χ4v) is 2.49. The smallest absolute Gasteiger partial charge is 0.278 e. The Labute approximate surface area is 92.5 Å². The van der Waals surface area contributed by atoms with Gasteiger partial charge in [0.15, 0.2) is 11.2 Å². The van der Waals surface area contributed by atoms with Crippen molar-refractivity contribution < 1.29 is 0 Å². The molecular weight excluding hydrogens is 204 g/mol. The van der Waals surface area contributed by atoms with Crippen LogP contribution in [0.4, 0.5) is 0 Å². The van der Waals surface area contributed by atoms with Gasteiger partial charge >= 0.3 is 0 Å². The Balaban J connectivity index is 2.10. The van der Waals surface area contributed by atoms with E-state index >= 15 is 0 Å². The summed E-state index contributed by atoms with van der Waals surface area (Å²) in [5.41, 5.74) is 1.02. The summed E-state index contributed by atoms with van der Waals surface area (Å²) in [5.74, 6) is 0. The van der Waals surface area contributed by atoms with Crippen LogP contribution < -0.4 is 5.56 Å². The van der Waals surface area contributed by atoms with Crippen molar-refractivity contribution in [1.82, 2.24) is 19.5 Å². The van der Waals surface area contributed by atoms with Crippen molar-refractivity contribution >= 4 is 11.2 Å². The molecule has 84 valence electrons. The average Bonchev–Trinajstić information content (AvgIpc) is 2.75. The number of nitrogens with zero attached hydrogens (tertiary/aromatic N) is 3. The standard InChI is InChI=1S/C11H14N4O/c16-11-9-10(12-6-13-11)15(7-14-9)8-4-2-1-3-5-8/h6-8H,1-5H2,(H,12,13,16). The SMILES string of the molecule is O=c1[nH]cnc2c1ncn2C1CCCCC1. The van der Waals surface area contributed by atoms with Gasteiger partial charge in [-0.05, 0) is 12.8 Å². The zero-order chi connectivity index (χ0) is 11.0. The van der Waals surface area contributed by atoms with Gasteiger partial charge in [-0.1, -0.05) is 19.3 Å². The molecule has 0 unspecified atom stereocenters. The highest BCUT2D eigenvalue weighted by Gasteiger charge is 2.18. The summed E-state index contributed by atoms with van der Waals surface area (Å²) in [6.45, 7) is 0. The highest BCUT2D eigenvalue weighted by molar-refractivity contribution is 5.68. The summed E-state index contributed by atoms with van der Waals surface area (Å²) in [6, 6.07) is 0.466. The number of aromatic amines is 1. The molecule has 3 rings (SSSR count). The molecule has 5 nitrogen and oxygen atoms in total. The van der Waals surface area contributed by atoms with E-state index in [0.717, 1.165) is 5.65 Å². The molecule has 0 bridgehead atoms. The van der Waals surface area contributed by atoms with Crippen molar-refractivity contribution in [3.63, 3.8) is 0 Å². The molecule has 5 heteroatoms. The maximum Gasteiger partial charge on any atom is 0.278 e. The first-order chi connectivity index (χ1) is 7.86. The number of fused-ring (bicyclic) bond motifs is 1. The lowest BCUT2D eigenvalue weighted by Gasteiger charge is -2.22. The van der Waals surface area contributed by atoms with Gasteiger partial charge in [-0.3, -0.25) is 4.79 Å². The van der Waals surface area contributed by atoms with Gasteiger partial charge < -0.3 is 9.55 Å².